The number of aryl methyl sites for hydroxylation is 2. The second-order valence-corrected chi connectivity index (χ2v) is 6.37. The molecule has 0 saturated heterocycles. The van der Waals surface area contributed by atoms with Crippen LogP contribution in [0.5, 0.6) is 0 Å². The Morgan fingerprint density at radius 3 is 2.41 bits per heavy atom. The van der Waals surface area contributed by atoms with Gasteiger partial charge < -0.3 is 14.5 Å². The summed E-state index contributed by atoms with van der Waals surface area (Å²) in [5.41, 5.74) is 1.79. The zero-order valence-corrected chi connectivity index (χ0v) is 13.6. The van der Waals surface area contributed by atoms with Gasteiger partial charge in [0.15, 0.2) is 0 Å². The van der Waals surface area contributed by atoms with E-state index in [1.54, 1.807) is 11.8 Å². The minimum atomic E-state index is -0.864. The number of hydrogen-bond donors (Lipinski definition) is 1. The Balaban J connectivity index is 2.05. The van der Waals surface area contributed by atoms with Crippen molar-refractivity contribution in [3.05, 3.63) is 17.0 Å². The summed E-state index contributed by atoms with van der Waals surface area (Å²) in [5.74, 6) is -0.851. The number of amides is 1. The summed E-state index contributed by atoms with van der Waals surface area (Å²) in [6.07, 6.45) is 2.51. The molecular formula is C16H24N2O4. The van der Waals surface area contributed by atoms with Crippen LogP contribution in [0.4, 0.5) is 0 Å². The first-order valence-electron chi connectivity index (χ1n) is 7.76. The van der Waals surface area contributed by atoms with Crippen molar-refractivity contribution in [2.24, 2.45) is 11.8 Å². The van der Waals surface area contributed by atoms with Gasteiger partial charge in [-0.25, -0.2) is 0 Å². The number of carboxylic acids is 1. The summed E-state index contributed by atoms with van der Waals surface area (Å²) < 4.78 is 5.14. The van der Waals surface area contributed by atoms with Crippen molar-refractivity contribution in [2.45, 2.75) is 53.0 Å². The van der Waals surface area contributed by atoms with Gasteiger partial charge in [-0.2, -0.15) is 0 Å². The fourth-order valence-corrected chi connectivity index (χ4v) is 2.65. The van der Waals surface area contributed by atoms with Crippen molar-refractivity contribution in [3.8, 4) is 0 Å². The number of hydrogen-bond acceptors (Lipinski definition) is 4. The number of nitrogens with zero attached hydrogens (tertiary/aromatic N) is 2. The predicted octanol–water partition coefficient (Wildman–Crippen LogP) is 2.18. The van der Waals surface area contributed by atoms with Crippen LogP contribution in [0.1, 0.15) is 43.7 Å². The van der Waals surface area contributed by atoms with Gasteiger partial charge in [-0.05, 0) is 33.1 Å². The van der Waals surface area contributed by atoms with Gasteiger partial charge in [-0.15, -0.1) is 0 Å². The molecule has 0 aliphatic heterocycles. The number of aliphatic carboxylic acids is 1. The topological polar surface area (TPSA) is 83.6 Å². The first-order chi connectivity index (χ1) is 10.3. The van der Waals surface area contributed by atoms with E-state index in [0.29, 0.717) is 6.42 Å². The van der Waals surface area contributed by atoms with Gasteiger partial charge in [0.25, 0.3) is 0 Å². The average Bonchev–Trinajstić information content (AvgIpc) is 3.25. The largest absolute Gasteiger partial charge is 0.481 e. The third-order valence-electron chi connectivity index (χ3n) is 4.28. The number of carbonyl (C=O) groups is 2. The minimum Gasteiger partial charge on any atom is -0.481 e. The molecule has 122 valence electrons. The maximum absolute atomic E-state index is 12.7. The second kappa shape index (κ2) is 6.50. The molecule has 6 nitrogen and oxygen atoms in total. The van der Waals surface area contributed by atoms with Crippen molar-refractivity contribution in [1.29, 1.82) is 0 Å². The molecule has 1 fully saturated rings. The van der Waals surface area contributed by atoms with Gasteiger partial charge >= 0.3 is 5.97 Å². The lowest BCUT2D eigenvalue weighted by molar-refractivity contribution is -0.144. The van der Waals surface area contributed by atoms with E-state index < -0.39 is 11.9 Å². The molecule has 6 heteroatoms. The van der Waals surface area contributed by atoms with Gasteiger partial charge in [0.05, 0.1) is 11.6 Å². The SMILES string of the molecule is Cc1noc(C)c1C[C@@H](C)C(=O)N(C[C@@H](C)C(=O)O)C1CC1. The van der Waals surface area contributed by atoms with Gasteiger partial charge in [0.2, 0.25) is 5.91 Å². The Morgan fingerprint density at radius 2 is 1.95 bits per heavy atom. The first kappa shape index (κ1) is 16.5. The molecule has 1 aliphatic carbocycles. The number of rotatable bonds is 7. The molecule has 1 aromatic heterocycles. The lowest BCUT2D eigenvalue weighted by atomic mass is 9.98. The molecule has 0 unspecified atom stereocenters. The molecule has 2 atom stereocenters. The van der Waals surface area contributed by atoms with Crippen LogP contribution in [0, 0.1) is 25.7 Å². The highest BCUT2D eigenvalue weighted by atomic mass is 16.5. The van der Waals surface area contributed by atoms with Crippen LogP contribution in [0.3, 0.4) is 0 Å². The molecule has 22 heavy (non-hydrogen) atoms. The highest BCUT2D eigenvalue weighted by Gasteiger charge is 2.36. The van der Waals surface area contributed by atoms with Crippen LogP contribution in [0.15, 0.2) is 4.52 Å². The molecule has 1 saturated carbocycles. The smallest absolute Gasteiger partial charge is 0.308 e. The molecule has 0 radical (unpaired) electrons. The van der Waals surface area contributed by atoms with E-state index in [1.807, 2.05) is 20.8 Å². The quantitative estimate of drug-likeness (QED) is 0.834. The van der Waals surface area contributed by atoms with Crippen molar-refractivity contribution in [3.63, 3.8) is 0 Å². The van der Waals surface area contributed by atoms with Crippen LogP contribution < -0.4 is 0 Å². The summed E-state index contributed by atoms with van der Waals surface area (Å²) in [6.45, 7) is 7.52. The molecule has 2 rings (SSSR count). The lowest BCUT2D eigenvalue weighted by Crippen LogP contribution is -2.41. The fraction of sp³-hybridized carbons (Fsp3) is 0.688. The van der Waals surface area contributed by atoms with E-state index in [1.165, 1.54) is 0 Å². The molecule has 1 aromatic rings. The highest BCUT2D eigenvalue weighted by molar-refractivity contribution is 5.80. The average molecular weight is 308 g/mol. The molecular weight excluding hydrogens is 284 g/mol. The van der Waals surface area contributed by atoms with E-state index in [4.69, 9.17) is 9.63 Å². The standard InChI is InChI=1S/C16H24N2O4/c1-9(7-14-11(3)17-22-12(14)4)15(19)18(13-5-6-13)8-10(2)16(20)21/h9-10,13H,5-8H2,1-4H3,(H,20,21)/t9-,10-/m1/s1. The number of carboxylic acid groups (broad SMARTS) is 1. The molecule has 0 spiro atoms. The van der Waals surface area contributed by atoms with Crippen molar-refractivity contribution < 1.29 is 19.2 Å². The maximum Gasteiger partial charge on any atom is 0.308 e. The van der Waals surface area contributed by atoms with E-state index in [0.717, 1.165) is 29.9 Å². The van der Waals surface area contributed by atoms with Crippen LogP contribution in [-0.4, -0.2) is 39.6 Å². The maximum atomic E-state index is 12.7. The predicted molar refractivity (Wildman–Crippen MR) is 80.4 cm³/mol. The molecule has 0 aromatic carbocycles. The minimum absolute atomic E-state index is 0.0237. The second-order valence-electron chi connectivity index (χ2n) is 6.37. The summed E-state index contributed by atoms with van der Waals surface area (Å²) in [5, 5.41) is 13.0. The molecule has 1 N–H and O–H groups in total. The third-order valence-corrected chi connectivity index (χ3v) is 4.28. The molecule has 0 bridgehead atoms. The summed E-state index contributed by atoms with van der Waals surface area (Å²) in [7, 11) is 0. The third kappa shape index (κ3) is 3.67. The van der Waals surface area contributed by atoms with Gasteiger partial charge in [0.1, 0.15) is 5.76 Å². The van der Waals surface area contributed by atoms with Crippen LogP contribution in [0.2, 0.25) is 0 Å². The summed E-state index contributed by atoms with van der Waals surface area (Å²) >= 11 is 0. The zero-order valence-electron chi connectivity index (χ0n) is 13.6. The Bertz CT molecular complexity index is 543. The molecule has 1 aliphatic rings. The van der Waals surface area contributed by atoms with Gasteiger partial charge in [-0.3, -0.25) is 9.59 Å². The van der Waals surface area contributed by atoms with Gasteiger partial charge in [0, 0.05) is 24.1 Å². The van der Waals surface area contributed by atoms with Crippen molar-refractivity contribution >= 4 is 11.9 Å². The summed E-state index contributed by atoms with van der Waals surface area (Å²) in [4.78, 5) is 25.5. The van der Waals surface area contributed by atoms with Crippen LogP contribution in [-0.2, 0) is 16.0 Å². The number of aromatic nitrogens is 1. The van der Waals surface area contributed by atoms with Crippen LogP contribution >= 0.6 is 0 Å². The van der Waals surface area contributed by atoms with Crippen molar-refractivity contribution in [1.82, 2.24) is 10.1 Å². The van der Waals surface area contributed by atoms with Crippen LogP contribution in [0.25, 0.3) is 0 Å². The highest BCUT2D eigenvalue weighted by Crippen LogP contribution is 2.30. The zero-order chi connectivity index (χ0) is 16.4. The summed E-state index contributed by atoms with van der Waals surface area (Å²) in [6, 6.07) is 0.210. The number of carbonyl (C=O) groups excluding carboxylic acids is 1. The Morgan fingerprint density at radius 1 is 1.32 bits per heavy atom. The monoisotopic (exact) mass is 308 g/mol. The van der Waals surface area contributed by atoms with Gasteiger partial charge in [-0.1, -0.05) is 19.0 Å². The van der Waals surface area contributed by atoms with E-state index in [-0.39, 0.29) is 24.4 Å². The Labute approximate surface area is 130 Å². The Kier molecular flexibility index (Phi) is 4.88. The van der Waals surface area contributed by atoms with E-state index in [9.17, 15) is 9.59 Å². The molecule has 1 heterocycles. The fourth-order valence-electron chi connectivity index (χ4n) is 2.65. The van der Waals surface area contributed by atoms with E-state index >= 15 is 0 Å². The lowest BCUT2D eigenvalue weighted by Gasteiger charge is -2.27. The van der Waals surface area contributed by atoms with Crippen molar-refractivity contribution in [2.75, 3.05) is 6.54 Å². The first-order valence-corrected chi connectivity index (χ1v) is 7.76. The molecule has 1 amide bonds. The normalized spacial score (nSPS) is 17.1. The Hall–Kier alpha value is -1.85. The van der Waals surface area contributed by atoms with E-state index in [2.05, 4.69) is 5.16 Å².